The molecular formula is C12H28F6NO6P. The normalized spacial score (nSPS) is 22.8. The van der Waals surface area contributed by atoms with Crippen LogP contribution in [0.3, 0.4) is 0 Å². The van der Waals surface area contributed by atoms with Crippen molar-refractivity contribution < 1.29 is 53.6 Å². The minimum atomic E-state index is -10.7. The van der Waals surface area contributed by atoms with E-state index in [1.54, 1.807) is 0 Å². The first-order chi connectivity index (χ1) is 11.4. The third-order valence-corrected chi connectivity index (χ3v) is 2.23. The molecule has 0 unspecified atom stereocenters. The van der Waals surface area contributed by atoms with E-state index >= 15 is 0 Å². The summed E-state index contributed by atoms with van der Waals surface area (Å²) < 4.78 is 91.2. The van der Waals surface area contributed by atoms with Gasteiger partial charge >= 0.3 is 33.0 Å². The molecule has 164 valence electrons. The Bertz CT molecular complexity index is 247. The van der Waals surface area contributed by atoms with Crippen molar-refractivity contribution in [2.45, 2.75) is 0 Å². The Kier molecular flexibility index (Phi) is 14.0. The molecule has 1 rings (SSSR count). The predicted octanol–water partition coefficient (Wildman–Crippen LogP) is 3.86. The molecule has 4 N–H and O–H groups in total. The van der Waals surface area contributed by atoms with E-state index in [9.17, 15) is 25.2 Å². The van der Waals surface area contributed by atoms with E-state index in [0.717, 1.165) is 0 Å². The smallest absolute Gasteiger partial charge is 0.369 e. The van der Waals surface area contributed by atoms with Crippen molar-refractivity contribution >= 4 is 7.81 Å². The Labute approximate surface area is 148 Å². The van der Waals surface area contributed by atoms with Gasteiger partial charge in [0.2, 0.25) is 0 Å². The summed E-state index contributed by atoms with van der Waals surface area (Å²) in [6.07, 6.45) is 0. The topological polar surface area (TPSA) is 91.9 Å². The van der Waals surface area contributed by atoms with Gasteiger partial charge in [-0.1, -0.05) is 0 Å². The van der Waals surface area contributed by atoms with Crippen LogP contribution in [0.4, 0.5) is 25.2 Å². The van der Waals surface area contributed by atoms with Gasteiger partial charge < -0.3 is 34.6 Å². The second-order valence-corrected chi connectivity index (χ2v) is 6.55. The molecule has 0 aromatic heterocycles. The molecule has 0 aromatic carbocycles. The van der Waals surface area contributed by atoms with E-state index in [2.05, 4.69) is 0 Å². The van der Waals surface area contributed by atoms with Crippen LogP contribution < -0.4 is 6.15 Å². The number of ether oxygens (including phenoxy) is 6. The molecule has 0 aromatic rings. The van der Waals surface area contributed by atoms with Crippen LogP contribution in [0.25, 0.3) is 0 Å². The SMILES string of the molecule is C1COCCOCCOCCOCCOCCO1.F[P-](F)(F)(F)(F)F.[NH4+]. The Morgan fingerprint density at radius 2 is 0.423 bits per heavy atom. The molecule has 26 heavy (non-hydrogen) atoms. The standard InChI is InChI=1S/C12H24O6.F6P.H3N/c1-2-14-5-6-16-9-10-18-12-11-17-8-7-15-4-3-13-1;1-7(2,3,4,5)6;/h1-12H2;;1H3/q;-1;/p+1. The molecule has 0 radical (unpaired) electrons. The predicted molar refractivity (Wildman–Crippen MR) is 84.5 cm³/mol. The quantitative estimate of drug-likeness (QED) is 0.466. The molecule has 0 aliphatic carbocycles. The molecule has 1 saturated heterocycles. The molecule has 0 amide bonds. The summed E-state index contributed by atoms with van der Waals surface area (Å²) in [5, 5.41) is 0. The first-order valence-electron chi connectivity index (χ1n) is 7.48. The maximum Gasteiger partial charge on any atom is -0.369 e. The van der Waals surface area contributed by atoms with Gasteiger partial charge in [-0.05, 0) is 0 Å². The molecule has 0 atom stereocenters. The van der Waals surface area contributed by atoms with E-state index in [-0.39, 0.29) is 6.15 Å². The van der Waals surface area contributed by atoms with Crippen LogP contribution in [-0.2, 0) is 28.4 Å². The van der Waals surface area contributed by atoms with Gasteiger partial charge in [-0.2, -0.15) is 0 Å². The first-order valence-corrected chi connectivity index (χ1v) is 9.51. The maximum atomic E-state index is 9.87. The van der Waals surface area contributed by atoms with Crippen molar-refractivity contribution in [2.75, 3.05) is 79.3 Å². The Hall–Kier alpha value is -0.270. The van der Waals surface area contributed by atoms with Crippen LogP contribution in [0.1, 0.15) is 0 Å². The summed E-state index contributed by atoms with van der Waals surface area (Å²) in [6, 6.07) is 0. The van der Waals surface area contributed by atoms with E-state index in [1.165, 1.54) is 0 Å². The Morgan fingerprint density at radius 1 is 0.346 bits per heavy atom. The molecule has 7 nitrogen and oxygen atoms in total. The van der Waals surface area contributed by atoms with Gasteiger partial charge in [0, 0.05) is 0 Å². The van der Waals surface area contributed by atoms with Crippen molar-refractivity contribution in [1.29, 1.82) is 0 Å². The van der Waals surface area contributed by atoms with Crippen LogP contribution in [0.15, 0.2) is 0 Å². The van der Waals surface area contributed by atoms with Crippen LogP contribution in [0.5, 0.6) is 0 Å². The van der Waals surface area contributed by atoms with Crippen molar-refractivity contribution in [2.24, 2.45) is 0 Å². The van der Waals surface area contributed by atoms with Gasteiger partial charge in [0.25, 0.3) is 0 Å². The van der Waals surface area contributed by atoms with Gasteiger partial charge in [0.05, 0.1) is 79.3 Å². The zero-order valence-electron chi connectivity index (χ0n) is 14.6. The zero-order chi connectivity index (χ0) is 19.1. The fraction of sp³-hybridized carbons (Fsp3) is 1.00. The number of halogens is 6. The monoisotopic (exact) mass is 427 g/mol. The number of rotatable bonds is 0. The summed E-state index contributed by atoms with van der Waals surface area (Å²) in [5.74, 6) is 0. The van der Waals surface area contributed by atoms with Gasteiger partial charge in [-0.15, -0.1) is 0 Å². The second kappa shape index (κ2) is 13.0. The number of hydrogen-bond donors (Lipinski definition) is 1. The molecule has 0 spiro atoms. The van der Waals surface area contributed by atoms with Crippen LogP contribution >= 0.6 is 7.81 Å². The van der Waals surface area contributed by atoms with Gasteiger partial charge in [0.15, 0.2) is 0 Å². The van der Waals surface area contributed by atoms with Crippen molar-refractivity contribution in [3.8, 4) is 0 Å². The van der Waals surface area contributed by atoms with Gasteiger partial charge in [0.1, 0.15) is 0 Å². The molecule has 1 heterocycles. The zero-order valence-corrected chi connectivity index (χ0v) is 15.5. The van der Waals surface area contributed by atoms with Crippen LogP contribution in [0.2, 0.25) is 0 Å². The van der Waals surface area contributed by atoms with Gasteiger partial charge in [-0.3, -0.25) is 0 Å². The first kappa shape index (κ1) is 27.9. The average Bonchev–Trinajstić information content (AvgIpc) is 2.44. The number of quaternary nitrogens is 1. The molecule has 1 aliphatic heterocycles. The van der Waals surface area contributed by atoms with E-state index in [1.807, 2.05) is 0 Å². The molecule has 14 heteroatoms. The molecule has 0 saturated carbocycles. The van der Waals surface area contributed by atoms with Crippen molar-refractivity contribution in [1.82, 2.24) is 6.15 Å². The van der Waals surface area contributed by atoms with Crippen LogP contribution in [-0.4, -0.2) is 79.3 Å². The fourth-order valence-electron chi connectivity index (χ4n) is 1.32. The third kappa shape index (κ3) is 39.0. The summed E-state index contributed by atoms with van der Waals surface area (Å²) >= 11 is 0. The van der Waals surface area contributed by atoms with Crippen molar-refractivity contribution in [3.05, 3.63) is 0 Å². The Balaban J connectivity index is 0. The van der Waals surface area contributed by atoms with Gasteiger partial charge in [-0.25, -0.2) is 0 Å². The summed E-state index contributed by atoms with van der Waals surface area (Å²) in [5.41, 5.74) is 0. The summed E-state index contributed by atoms with van der Waals surface area (Å²) in [4.78, 5) is 0. The number of hydrogen-bond acceptors (Lipinski definition) is 6. The van der Waals surface area contributed by atoms with Crippen molar-refractivity contribution in [3.63, 3.8) is 0 Å². The third-order valence-electron chi connectivity index (χ3n) is 2.23. The maximum absolute atomic E-state index is 10.7. The molecule has 0 bridgehead atoms. The summed E-state index contributed by atoms with van der Waals surface area (Å²) in [7, 11) is -10.7. The molecule has 1 aliphatic rings. The fourth-order valence-corrected chi connectivity index (χ4v) is 1.32. The van der Waals surface area contributed by atoms with E-state index < -0.39 is 7.81 Å². The van der Waals surface area contributed by atoms with E-state index in [4.69, 9.17) is 28.4 Å². The minimum Gasteiger partial charge on any atom is -0.369 e. The molecular weight excluding hydrogens is 399 g/mol. The summed E-state index contributed by atoms with van der Waals surface area (Å²) in [6.45, 7) is 7.04. The second-order valence-electron chi connectivity index (χ2n) is 4.63. The minimum absolute atomic E-state index is 0. The van der Waals surface area contributed by atoms with E-state index in [0.29, 0.717) is 79.3 Å². The van der Waals surface area contributed by atoms with Crippen LogP contribution in [0, 0.1) is 0 Å². The average molecular weight is 427 g/mol. The Morgan fingerprint density at radius 3 is 0.500 bits per heavy atom. The molecule has 1 fully saturated rings. The largest absolute Gasteiger partial charge is 0.369 e.